The predicted octanol–water partition coefficient (Wildman–Crippen LogP) is 1.50. The molecule has 4 aliphatic rings. The van der Waals surface area contributed by atoms with Crippen molar-refractivity contribution in [1.82, 2.24) is 0 Å². The minimum atomic E-state index is -0.882. The first kappa shape index (κ1) is 12.2. The van der Waals surface area contributed by atoms with Crippen LogP contribution in [-0.2, 0) is 14.3 Å². The van der Waals surface area contributed by atoms with Gasteiger partial charge in [-0.3, -0.25) is 4.79 Å². The van der Waals surface area contributed by atoms with Crippen LogP contribution in [0.15, 0.2) is 0 Å². The van der Waals surface area contributed by atoms with Gasteiger partial charge in [-0.15, -0.1) is 0 Å². The number of hydrogen-bond acceptors (Lipinski definition) is 4. The van der Waals surface area contributed by atoms with Gasteiger partial charge in [0.1, 0.15) is 11.2 Å². The molecule has 8 atom stereocenters. The van der Waals surface area contributed by atoms with Crippen molar-refractivity contribution < 1.29 is 19.4 Å². The summed E-state index contributed by atoms with van der Waals surface area (Å²) in [6.07, 6.45) is 2.60. The maximum absolute atomic E-state index is 12.1. The molecule has 0 aromatic carbocycles. The largest absolute Gasteiger partial charge is 0.456 e. The number of ether oxygens (including phenoxy) is 2. The Morgan fingerprint density at radius 3 is 2.74 bits per heavy atom. The number of rotatable bonds is 0. The van der Waals surface area contributed by atoms with Gasteiger partial charge in [0, 0.05) is 5.92 Å². The first-order valence-corrected chi connectivity index (χ1v) is 7.49. The summed E-state index contributed by atoms with van der Waals surface area (Å²) in [5.74, 6) is 0.344. The van der Waals surface area contributed by atoms with Gasteiger partial charge in [-0.25, -0.2) is 0 Å². The predicted molar refractivity (Wildman–Crippen MR) is 67.3 cm³/mol. The van der Waals surface area contributed by atoms with E-state index in [1.165, 1.54) is 0 Å². The summed E-state index contributed by atoms with van der Waals surface area (Å²) in [7, 11) is 0. The molecule has 2 aliphatic heterocycles. The Bertz CT molecular complexity index is 449. The summed E-state index contributed by atoms with van der Waals surface area (Å²) >= 11 is 0. The Morgan fingerprint density at radius 1 is 1.26 bits per heavy atom. The monoisotopic (exact) mass is 266 g/mol. The van der Waals surface area contributed by atoms with Crippen molar-refractivity contribution in [3.05, 3.63) is 0 Å². The maximum atomic E-state index is 12.1. The number of carbonyl (C=O) groups is 1. The number of hydrogen-bond donors (Lipinski definition) is 1. The lowest BCUT2D eigenvalue weighted by molar-refractivity contribution is -0.256. The highest BCUT2D eigenvalue weighted by Crippen LogP contribution is 2.63. The maximum Gasteiger partial charge on any atom is 0.309 e. The van der Waals surface area contributed by atoms with Crippen LogP contribution in [0.4, 0.5) is 0 Å². The second kappa shape index (κ2) is 3.34. The van der Waals surface area contributed by atoms with Crippen LogP contribution in [0.25, 0.3) is 0 Å². The lowest BCUT2D eigenvalue weighted by Gasteiger charge is -2.58. The molecule has 4 heteroatoms. The standard InChI is InChI=1S/C15H22O4/c1-7-4-5-9-8(2)12(16)18-13-14(3)11(19-14)6-10(7)15(9,13)17/h7-11,13,17H,4-6H2,1-3H3/t7-,8+,9+,10+,11-,13-,14-,15+/m1/s1. The van der Waals surface area contributed by atoms with Crippen LogP contribution < -0.4 is 0 Å². The third kappa shape index (κ3) is 1.25. The van der Waals surface area contributed by atoms with Crippen molar-refractivity contribution in [2.45, 2.75) is 63.4 Å². The number of fused-ring (bicyclic) bond motifs is 2. The van der Waals surface area contributed by atoms with Crippen LogP contribution >= 0.6 is 0 Å². The second-order valence-corrected chi connectivity index (χ2v) is 7.29. The highest BCUT2D eigenvalue weighted by atomic mass is 16.7. The Balaban J connectivity index is 1.82. The Labute approximate surface area is 113 Å². The molecule has 19 heavy (non-hydrogen) atoms. The zero-order valence-electron chi connectivity index (χ0n) is 11.8. The molecule has 2 heterocycles. The molecule has 2 saturated carbocycles. The molecule has 0 bridgehead atoms. The van der Waals surface area contributed by atoms with Gasteiger partial charge < -0.3 is 14.6 Å². The van der Waals surface area contributed by atoms with E-state index in [9.17, 15) is 9.90 Å². The number of epoxide rings is 1. The highest BCUT2D eigenvalue weighted by molar-refractivity contribution is 5.74. The van der Waals surface area contributed by atoms with Crippen molar-refractivity contribution in [1.29, 1.82) is 0 Å². The molecule has 4 rings (SSSR count). The van der Waals surface area contributed by atoms with Gasteiger partial charge in [-0.2, -0.15) is 0 Å². The molecule has 4 nitrogen and oxygen atoms in total. The van der Waals surface area contributed by atoms with Crippen LogP contribution in [0.3, 0.4) is 0 Å². The van der Waals surface area contributed by atoms with E-state index >= 15 is 0 Å². The van der Waals surface area contributed by atoms with E-state index in [0.29, 0.717) is 5.92 Å². The molecule has 2 aliphatic carbocycles. The second-order valence-electron chi connectivity index (χ2n) is 7.29. The van der Waals surface area contributed by atoms with Gasteiger partial charge in [0.05, 0.1) is 12.0 Å². The summed E-state index contributed by atoms with van der Waals surface area (Å²) in [5, 5.41) is 11.4. The molecule has 0 radical (unpaired) electrons. The molecule has 0 unspecified atom stereocenters. The van der Waals surface area contributed by atoms with Crippen LogP contribution in [0.5, 0.6) is 0 Å². The first-order valence-electron chi connectivity index (χ1n) is 7.49. The van der Waals surface area contributed by atoms with E-state index in [-0.39, 0.29) is 29.8 Å². The molecule has 1 N–H and O–H groups in total. The summed E-state index contributed by atoms with van der Waals surface area (Å²) < 4.78 is 11.4. The summed E-state index contributed by atoms with van der Waals surface area (Å²) in [5.41, 5.74) is -1.33. The molecular formula is C15H22O4. The van der Waals surface area contributed by atoms with Crippen molar-refractivity contribution in [2.75, 3.05) is 0 Å². The smallest absolute Gasteiger partial charge is 0.309 e. The van der Waals surface area contributed by atoms with Crippen molar-refractivity contribution >= 4 is 5.97 Å². The molecule has 106 valence electrons. The van der Waals surface area contributed by atoms with E-state index in [0.717, 1.165) is 19.3 Å². The number of aliphatic hydroxyl groups is 1. The normalized spacial score (nSPS) is 62.8. The molecular weight excluding hydrogens is 244 g/mol. The minimum Gasteiger partial charge on any atom is -0.456 e. The quantitative estimate of drug-likeness (QED) is 0.533. The number of esters is 1. The Morgan fingerprint density at radius 2 is 2.00 bits per heavy atom. The third-order valence-corrected chi connectivity index (χ3v) is 6.40. The van der Waals surface area contributed by atoms with Crippen molar-refractivity contribution in [2.24, 2.45) is 23.7 Å². The molecule has 0 aromatic heterocycles. The van der Waals surface area contributed by atoms with Crippen LogP contribution in [0.2, 0.25) is 0 Å². The summed E-state index contributed by atoms with van der Waals surface area (Å²) in [6, 6.07) is 0. The van der Waals surface area contributed by atoms with Gasteiger partial charge in [0.15, 0.2) is 6.10 Å². The van der Waals surface area contributed by atoms with E-state index < -0.39 is 17.3 Å². The summed E-state index contributed by atoms with van der Waals surface area (Å²) in [6.45, 7) is 6.09. The lowest BCUT2D eigenvalue weighted by atomic mass is 9.52. The van der Waals surface area contributed by atoms with Crippen LogP contribution in [-0.4, -0.2) is 34.5 Å². The van der Waals surface area contributed by atoms with Crippen molar-refractivity contribution in [3.63, 3.8) is 0 Å². The Hall–Kier alpha value is -0.610. The zero-order valence-corrected chi connectivity index (χ0v) is 11.8. The minimum absolute atomic E-state index is 0.0296. The third-order valence-electron chi connectivity index (χ3n) is 6.40. The van der Waals surface area contributed by atoms with Gasteiger partial charge in [-0.05, 0) is 38.0 Å². The SMILES string of the molecule is C[C@@H]1CC[C@H]2[C@H](C)C(=O)O[C@@H]3[C@]4(C)O[C@@H]4C[C@@H]1[C@]32O. The van der Waals surface area contributed by atoms with Gasteiger partial charge in [0.25, 0.3) is 0 Å². The first-order chi connectivity index (χ1) is 8.89. The number of carbonyl (C=O) groups excluding carboxylic acids is 1. The molecule has 0 amide bonds. The van der Waals surface area contributed by atoms with E-state index in [1.54, 1.807) is 0 Å². The highest BCUT2D eigenvalue weighted by Gasteiger charge is 2.76. The molecule has 0 spiro atoms. The topological polar surface area (TPSA) is 59.1 Å². The van der Waals surface area contributed by atoms with Gasteiger partial charge >= 0.3 is 5.97 Å². The molecule has 4 fully saturated rings. The summed E-state index contributed by atoms with van der Waals surface area (Å²) in [4.78, 5) is 12.1. The average molecular weight is 266 g/mol. The lowest BCUT2D eigenvalue weighted by Crippen LogP contribution is -2.71. The Kier molecular flexibility index (Phi) is 2.14. The molecule has 0 aromatic rings. The fraction of sp³-hybridized carbons (Fsp3) is 0.933. The van der Waals surface area contributed by atoms with Crippen LogP contribution in [0, 0.1) is 23.7 Å². The van der Waals surface area contributed by atoms with E-state index in [2.05, 4.69) is 6.92 Å². The van der Waals surface area contributed by atoms with Gasteiger partial charge in [0.2, 0.25) is 0 Å². The average Bonchev–Trinajstić information content (AvgIpc) is 3.01. The fourth-order valence-corrected chi connectivity index (χ4v) is 5.14. The van der Waals surface area contributed by atoms with E-state index in [4.69, 9.17) is 9.47 Å². The fourth-order valence-electron chi connectivity index (χ4n) is 5.14. The van der Waals surface area contributed by atoms with E-state index in [1.807, 2.05) is 13.8 Å². The van der Waals surface area contributed by atoms with Gasteiger partial charge in [-0.1, -0.05) is 13.8 Å². The van der Waals surface area contributed by atoms with Crippen LogP contribution in [0.1, 0.15) is 40.0 Å². The van der Waals surface area contributed by atoms with Crippen molar-refractivity contribution in [3.8, 4) is 0 Å². The molecule has 2 saturated heterocycles. The zero-order chi connectivity index (χ0) is 13.6.